The number of anilines is 3. The van der Waals surface area contributed by atoms with Crippen molar-refractivity contribution >= 4 is 17.1 Å². The van der Waals surface area contributed by atoms with Crippen LogP contribution in [0.25, 0.3) is 66.8 Å². The van der Waals surface area contributed by atoms with Crippen LogP contribution in [0, 0.1) is 6.92 Å². The summed E-state index contributed by atoms with van der Waals surface area (Å²) in [6, 6.07) is 76.5. The Bertz CT molecular complexity index is 3150. The van der Waals surface area contributed by atoms with E-state index in [0.29, 0.717) is 0 Å². The van der Waals surface area contributed by atoms with Gasteiger partial charge in [0.25, 0.3) is 0 Å². The van der Waals surface area contributed by atoms with Crippen LogP contribution in [0.5, 0.6) is 0 Å². The molecular formula is C61H49N. The summed E-state index contributed by atoms with van der Waals surface area (Å²) in [6.45, 7) is 11.7. The summed E-state index contributed by atoms with van der Waals surface area (Å²) in [5.41, 5.74) is 25.1. The van der Waals surface area contributed by atoms with Gasteiger partial charge in [0.1, 0.15) is 0 Å². The third kappa shape index (κ3) is 6.22. The predicted molar refractivity (Wildman–Crippen MR) is 263 cm³/mol. The minimum absolute atomic E-state index is 0.155. The van der Waals surface area contributed by atoms with E-state index in [1.807, 2.05) is 0 Å². The maximum Gasteiger partial charge on any atom is 0.0465 e. The molecule has 2 aliphatic carbocycles. The fourth-order valence-electron chi connectivity index (χ4n) is 10.3. The third-order valence-electron chi connectivity index (χ3n) is 13.7. The molecule has 2 aliphatic rings. The van der Waals surface area contributed by atoms with Crippen molar-refractivity contribution < 1.29 is 0 Å². The average molecular weight is 796 g/mol. The zero-order valence-corrected chi connectivity index (χ0v) is 36.1. The van der Waals surface area contributed by atoms with E-state index in [9.17, 15) is 0 Å². The van der Waals surface area contributed by atoms with E-state index in [4.69, 9.17) is 0 Å². The molecule has 9 aromatic rings. The number of hydrogen-bond donors (Lipinski definition) is 0. The fraction of sp³-hybridized carbons (Fsp3) is 0.115. The molecule has 1 nitrogen and oxygen atoms in total. The largest absolute Gasteiger partial charge is 0.310 e. The first kappa shape index (κ1) is 37.8. The Morgan fingerprint density at radius 3 is 1.02 bits per heavy atom. The maximum atomic E-state index is 2.46. The standard InChI is InChI=1S/C61H49N/c1-40-13-12-18-49(35-40)62(50-29-33-54-52-31-27-47(42-16-10-7-11-17-42)36-56(52)60(2,3)58(54)38-50)51-30-34-55-53-32-28-48(37-57(53)61(4,5)59(55)39-51)46-25-23-45(24-26-46)44-21-19-43(20-22-44)41-14-8-6-9-15-41/h6-39H,1-5H3. The highest BCUT2D eigenvalue weighted by Crippen LogP contribution is 2.54. The molecule has 0 aliphatic heterocycles. The smallest absolute Gasteiger partial charge is 0.0465 e. The summed E-state index contributed by atoms with van der Waals surface area (Å²) < 4.78 is 0. The van der Waals surface area contributed by atoms with Gasteiger partial charge in [0.2, 0.25) is 0 Å². The van der Waals surface area contributed by atoms with E-state index in [1.165, 1.54) is 106 Å². The van der Waals surface area contributed by atoms with Crippen molar-refractivity contribution in [2.24, 2.45) is 0 Å². The highest BCUT2D eigenvalue weighted by molar-refractivity contribution is 5.90. The van der Waals surface area contributed by atoms with Crippen LogP contribution in [-0.2, 0) is 10.8 Å². The lowest BCUT2D eigenvalue weighted by Gasteiger charge is -2.30. The molecule has 0 fully saturated rings. The lowest BCUT2D eigenvalue weighted by atomic mass is 9.81. The van der Waals surface area contributed by atoms with Crippen LogP contribution in [-0.4, -0.2) is 0 Å². The van der Waals surface area contributed by atoms with Gasteiger partial charge < -0.3 is 4.90 Å². The van der Waals surface area contributed by atoms with E-state index in [-0.39, 0.29) is 10.8 Å². The van der Waals surface area contributed by atoms with Crippen LogP contribution in [0.15, 0.2) is 206 Å². The van der Waals surface area contributed by atoms with Crippen molar-refractivity contribution in [1.82, 2.24) is 0 Å². The van der Waals surface area contributed by atoms with Crippen molar-refractivity contribution in [3.63, 3.8) is 0 Å². The lowest BCUT2D eigenvalue weighted by molar-refractivity contribution is 0.660. The molecule has 0 radical (unpaired) electrons. The van der Waals surface area contributed by atoms with Gasteiger partial charge >= 0.3 is 0 Å². The lowest BCUT2D eigenvalue weighted by Crippen LogP contribution is -2.18. The molecule has 0 bridgehead atoms. The fourth-order valence-corrected chi connectivity index (χ4v) is 10.3. The minimum Gasteiger partial charge on any atom is -0.310 e. The molecule has 62 heavy (non-hydrogen) atoms. The van der Waals surface area contributed by atoms with Gasteiger partial charge in [-0.3, -0.25) is 0 Å². The van der Waals surface area contributed by atoms with Gasteiger partial charge in [0.15, 0.2) is 0 Å². The molecule has 0 unspecified atom stereocenters. The summed E-state index contributed by atoms with van der Waals surface area (Å²) in [6.07, 6.45) is 0. The van der Waals surface area contributed by atoms with Crippen LogP contribution >= 0.6 is 0 Å². The highest BCUT2D eigenvalue weighted by Gasteiger charge is 2.38. The average Bonchev–Trinajstić information content (AvgIpc) is 3.68. The van der Waals surface area contributed by atoms with Crippen LogP contribution in [0.2, 0.25) is 0 Å². The van der Waals surface area contributed by atoms with Crippen molar-refractivity contribution in [1.29, 1.82) is 0 Å². The van der Waals surface area contributed by atoms with Crippen molar-refractivity contribution in [2.75, 3.05) is 4.90 Å². The van der Waals surface area contributed by atoms with Crippen LogP contribution in [0.4, 0.5) is 17.1 Å². The Balaban J connectivity index is 0.923. The van der Waals surface area contributed by atoms with Gasteiger partial charge in [0, 0.05) is 27.9 Å². The summed E-state index contributed by atoms with van der Waals surface area (Å²) in [4.78, 5) is 2.46. The zero-order valence-electron chi connectivity index (χ0n) is 36.1. The Morgan fingerprint density at radius 1 is 0.274 bits per heavy atom. The number of fused-ring (bicyclic) bond motifs is 6. The van der Waals surface area contributed by atoms with Gasteiger partial charge in [-0.15, -0.1) is 0 Å². The monoisotopic (exact) mass is 795 g/mol. The number of benzene rings is 9. The topological polar surface area (TPSA) is 3.24 Å². The second-order valence-electron chi connectivity index (χ2n) is 18.3. The molecule has 298 valence electrons. The normalized spacial score (nSPS) is 13.8. The van der Waals surface area contributed by atoms with Gasteiger partial charge in [-0.25, -0.2) is 0 Å². The Hall–Kier alpha value is -7.22. The molecule has 0 atom stereocenters. The first-order chi connectivity index (χ1) is 30.1. The van der Waals surface area contributed by atoms with Gasteiger partial charge in [0.05, 0.1) is 0 Å². The van der Waals surface area contributed by atoms with Crippen molar-refractivity contribution in [3.05, 3.63) is 234 Å². The highest BCUT2D eigenvalue weighted by atomic mass is 15.1. The molecular weight excluding hydrogens is 747 g/mol. The van der Waals surface area contributed by atoms with E-state index >= 15 is 0 Å². The molecule has 0 saturated carbocycles. The first-order valence-corrected chi connectivity index (χ1v) is 21.9. The zero-order chi connectivity index (χ0) is 42.2. The second-order valence-corrected chi connectivity index (χ2v) is 18.3. The Kier molecular flexibility index (Phi) is 8.81. The summed E-state index contributed by atoms with van der Waals surface area (Å²) >= 11 is 0. The third-order valence-corrected chi connectivity index (χ3v) is 13.7. The number of nitrogens with zero attached hydrogens (tertiary/aromatic N) is 1. The number of aryl methyl sites for hydroxylation is 1. The van der Waals surface area contributed by atoms with E-state index in [2.05, 4.69) is 246 Å². The molecule has 9 aromatic carbocycles. The molecule has 1 heteroatoms. The molecule has 0 spiro atoms. The van der Waals surface area contributed by atoms with Crippen LogP contribution in [0.1, 0.15) is 55.5 Å². The van der Waals surface area contributed by atoms with E-state index in [0.717, 1.165) is 5.69 Å². The molecule has 0 amide bonds. The number of hydrogen-bond acceptors (Lipinski definition) is 1. The molecule has 0 N–H and O–H groups in total. The first-order valence-electron chi connectivity index (χ1n) is 21.9. The predicted octanol–water partition coefficient (Wildman–Crippen LogP) is 16.7. The van der Waals surface area contributed by atoms with Crippen molar-refractivity contribution in [3.8, 4) is 66.8 Å². The Labute approximate surface area is 366 Å². The maximum absolute atomic E-state index is 2.46. The summed E-state index contributed by atoms with van der Waals surface area (Å²) in [5.74, 6) is 0. The Morgan fingerprint density at radius 2 is 0.597 bits per heavy atom. The van der Waals surface area contributed by atoms with E-state index in [1.54, 1.807) is 0 Å². The second kappa shape index (κ2) is 14.5. The van der Waals surface area contributed by atoms with Crippen LogP contribution < -0.4 is 4.90 Å². The quantitative estimate of drug-likeness (QED) is 0.155. The number of rotatable bonds is 7. The minimum atomic E-state index is -0.187. The molecule has 0 saturated heterocycles. The van der Waals surface area contributed by atoms with Gasteiger partial charge in [-0.2, -0.15) is 0 Å². The molecule has 11 rings (SSSR count). The van der Waals surface area contributed by atoms with Crippen LogP contribution in [0.3, 0.4) is 0 Å². The van der Waals surface area contributed by atoms with E-state index < -0.39 is 0 Å². The molecule has 0 aromatic heterocycles. The SMILES string of the molecule is Cc1cccc(N(c2ccc3c(c2)C(C)(C)c2cc(-c4ccccc4)ccc2-3)c2ccc3c(c2)C(C)(C)c2cc(-c4ccc(-c5ccc(-c6ccccc6)cc5)cc4)ccc2-3)c1. The van der Waals surface area contributed by atoms with Crippen molar-refractivity contribution in [2.45, 2.75) is 45.4 Å². The van der Waals surface area contributed by atoms with Gasteiger partial charge in [-0.05, 0) is 150 Å². The molecule has 0 heterocycles. The summed E-state index contributed by atoms with van der Waals surface area (Å²) in [7, 11) is 0. The van der Waals surface area contributed by atoms with Gasteiger partial charge in [-0.1, -0.05) is 185 Å². The summed E-state index contributed by atoms with van der Waals surface area (Å²) in [5, 5.41) is 0.